The Balaban J connectivity index is 1.60. The number of allylic oxidation sites excluding steroid dienone is 2. The van der Waals surface area contributed by atoms with E-state index in [4.69, 9.17) is 0 Å². The van der Waals surface area contributed by atoms with Gasteiger partial charge in [0.2, 0.25) is 5.91 Å². The molecule has 0 saturated heterocycles. The molecule has 0 bridgehead atoms. The van der Waals surface area contributed by atoms with Crippen LogP contribution in [0.4, 0.5) is 11.4 Å². The van der Waals surface area contributed by atoms with Gasteiger partial charge in [0.25, 0.3) is 5.91 Å². The van der Waals surface area contributed by atoms with Gasteiger partial charge in [-0.3, -0.25) is 14.6 Å². The standard InChI is InChI=1S/C27H22BrN5O2S/c1-17-24(26(35)33-20-5-3-2-4-6-20)25(18-11-13-30-14-12-18)22(15-29)27(31-17)36-16-23(34)32-21-9-7-19(28)8-10-21/h2-14,25,31H,16H2,1H3,(H,32,34)(H,33,35). The third-order valence-electron chi connectivity index (χ3n) is 5.44. The zero-order valence-corrected chi connectivity index (χ0v) is 21.7. The van der Waals surface area contributed by atoms with Crippen molar-refractivity contribution in [2.75, 3.05) is 16.4 Å². The van der Waals surface area contributed by atoms with Crippen LogP contribution in [0.15, 0.2) is 105 Å². The zero-order valence-electron chi connectivity index (χ0n) is 19.3. The number of hydrogen-bond acceptors (Lipinski definition) is 6. The minimum absolute atomic E-state index is 0.0888. The summed E-state index contributed by atoms with van der Waals surface area (Å²) in [6.45, 7) is 1.80. The quantitative estimate of drug-likeness (QED) is 0.350. The Kier molecular flexibility index (Phi) is 8.21. The number of carbonyl (C=O) groups is 2. The molecule has 0 fully saturated rings. The summed E-state index contributed by atoms with van der Waals surface area (Å²) in [5.41, 5.74) is 3.51. The first kappa shape index (κ1) is 25.2. The van der Waals surface area contributed by atoms with E-state index in [0.29, 0.717) is 33.2 Å². The van der Waals surface area contributed by atoms with Crippen LogP contribution in [0.5, 0.6) is 0 Å². The first-order chi connectivity index (χ1) is 17.5. The van der Waals surface area contributed by atoms with Gasteiger partial charge >= 0.3 is 0 Å². The number of amides is 2. The molecule has 0 aliphatic carbocycles. The molecular weight excluding hydrogens is 538 g/mol. The van der Waals surface area contributed by atoms with Gasteiger partial charge in [0.15, 0.2) is 0 Å². The predicted octanol–water partition coefficient (Wildman–Crippen LogP) is 5.55. The van der Waals surface area contributed by atoms with Gasteiger partial charge in [-0.2, -0.15) is 5.26 Å². The number of rotatable bonds is 7. The number of anilines is 2. The summed E-state index contributed by atoms with van der Waals surface area (Å²) < 4.78 is 0.918. The molecule has 1 atom stereocenters. The van der Waals surface area contributed by atoms with Crippen LogP contribution in [0.2, 0.25) is 0 Å². The smallest absolute Gasteiger partial charge is 0.254 e. The maximum absolute atomic E-state index is 13.4. The first-order valence-corrected chi connectivity index (χ1v) is 12.8. The maximum atomic E-state index is 13.4. The second kappa shape index (κ2) is 11.7. The minimum Gasteiger partial charge on any atom is -0.353 e. The Morgan fingerprint density at radius 3 is 2.36 bits per heavy atom. The fourth-order valence-corrected chi connectivity index (χ4v) is 4.96. The Hall–Kier alpha value is -3.87. The van der Waals surface area contributed by atoms with Crippen molar-refractivity contribution in [2.45, 2.75) is 12.8 Å². The highest BCUT2D eigenvalue weighted by molar-refractivity contribution is 9.10. The highest BCUT2D eigenvalue weighted by atomic mass is 79.9. The molecule has 1 aromatic heterocycles. The molecule has 3 aromatic rings. The summed E-state index contributed by atoms with van der Waals surface area (Å²) >= 11 is 4.60. The minimum atomic E-state index is -0.611. The van der Waals surface area contributed by atoms with E-state index in [1.165, 1.54) is 11.8 Å². The van der Waals surface area contributed by atoms with E-state index >= 15 is 0 Å². The van der Waals surface area contributed by atoms with Crippen LogP contribution in [0, 0.1) is 11.3 Å². The first-order valence-electron chi connectivity index (χ1n) is 11.0. The van der Waals surface area contributed by atoms with E-state index in [1.807, 2.05) is 30.3 Å². The molecular formula is C27H22BrN5O2S. The number of nitrogens with one attached hydrogen (secondary N) is 3. The lowest BCUT2D eigenvalue weighted by molar-refractivity contribution is -0.114. The summed E-state index contributed by atoms with van der Waals surface area (Å²) in [6, 6.07) is 22.3. The van der Waals surface area contributed by atoms with E-state index in [-0.39, 0.29) is 17.6 Å². The SMILES string of the molecule is CC1=C(C(=O)Nc2ccccc2)C(c2ccncc2)C(C#N)=C(SCC(=O)Nc2ccc(Br)cc2)N1. The van der Waals surface area contributed by atoms with Gasteiger partial charge < -0.3 is 16.0 Å². The van der Waals surface area contributed by atoms with Gasteiger partial charge in [-0.15, -0.1) is 0 Å². The second-order valence-electron chi connectivity index (χ2n) is 7.90. The van der Waals surface area contributed by atoms with E-state index in [1.54, 1.807) is 55.7 Å². The number of nitriles is 1. The van der Waals surface area contributed by atoms with Crippen LogP contribution < -0.4 is 16.0 Å². The van der Waals surface area contributed by atoms with Crippen molar-refractivity contribution in [2.24, 2.45) is 0 Å². The molecule has 180 valence electrons. The summed E-state index contributed by atoms with van der Waals surface area (Å²) in [5, 5.41) is 19.7. The van der Waals surface area contributed by atoms with Gasteiger partial charge in [-0.25, -0.2) is 0 Å². The molecule has 2 amide bonds. The number of dihydropyridines is 1. The lowest BCUT2D eigenvalue weighted by Crippen LogP contribution is -2.31. The molecule has 4 rings (SSSR count). The van der Waals surface area contributed by atoms with Crippen molar-refractivity contribution in [1.82, 2.24) is 10.3 Å². The Labute approximate surface area is 221 Å². The number of aromatic nitrogens is 1. The number of para-hydroxylation sites is 1. The average molecular weight is 560 g/mol. The normalized spacial score (nSPS) is 15.1. The molecule has 9 heteroatoms. The molecule has 0 saturated carbocycles. The Morgan fingerprint density at radius 2 is 1.69 bits per heavy atom. The van der Waals surface area contributed by atoms with Crippen molar-refractivity contribution in [3.8, 4) is 6.07 Å². The highest BCUT2D eigenvalue weighted by Gasteiger charge is 2.34. The van der Waals surface area contributed by atoms with Crippen LogP contribution in [0.1, 0.15) is 18.4 Å². The number of benzene rings is 2. The van der Waals surface area contributed by atoms with Gasteiger partial charge in [-0.05, 0) is 61.0 Å². The number of nitrogens with zero attached hydrogens (tertiary/aromatic N) is 2. The highest BCUT2D eigenvalue weighted by Crippen LogP contribution is 2.40. The largest absolute Gasteiger partial charge is 0.353 e. The second-order valence-corrected chi connectivity index (χ2v) is 9.80. The monoisotopic (exact) mass is 559 g/mol. The fourth-order valence-electron chi connectivity index (χ4n) is 3.80. The summed E-state index contributed by atoms with van der Waals surface area (Å²) in [6.07, 6.45) is 3.26. The van der Waals surface area contributed by atoms with Crippen LogP contribution in [-0.4, -0.2) is 22.6 Å². The number of carbonyl (C=O) groups excluding carboxylic acids is 2. The molecule has 3 N–H and O–H groups in total. The summed E-state index contributed by atoms with van der Waals surface area (Å²) in [5.74, 6) is -1.03. The van der Waals surface area contributed by atoms with Crippen LogP contribution in [-0.2, 0) is 9.59 Å². The Bertz CT molecular complexity index is 1370. The summed E-state index contributed by atoms with van der Waals surface area (Å²) in [4.78, 5) is 30.1. The predicted molar refractivity (Wildman–Crippen MR) is 146 cm³/mol. The van der Waals surface area contributed by atoms with Gasteiger partial charge in [0, 0.05) is 39.5 Å². The van der Waals surface area contributed by atoms with Crippen LogP contribution in [0.25, 0.3) is 0 Å². The number of hydrogen-bond donors (Lipinski definition) is 3. The molecule has 0 spiro atoms. The lowest BCUT2D eigenvalue weighted by atomic mass is 9.82. The van der Waals surface area contributed by atoms with Crippen molar-refractivity contribution in [3.05, 3.63) is 111 Å². The van der Waals surface area contributed by atoms with Gasteiger partial charge in [0.1, 0.15) is 0 Å². The molecule has 1 unspecified atom stereocenters. The fraction of sp³-hybridized carbons (Fsp3) is 0.111. The maximum Gasteiger partial charge on any atom is 0.254 e. The topological polar surface area (TPSA) is 107 Å². The number of pyridine rings is 1. The van der Waals surface area contributed by atoms with E-state index < -0.39 is 5.92 Å². The lowest BCUT2D eigenvalue weighted by Gasteiger charge is -2.29. The molecule has 1 aliphatic heterocycles. The van der Waals surface area contributed by atoms with E-state index in [0.717, 1.165) is 10.0 Å². The number of thioether (sulfide) groups is 1. The van der Waals surface area contributed by atoms with Crippen molar-refractivity contribution in [1.29, 1.82) is 5.26 Å². The Morgan fingerprint density at radius 1 is 1.03 bits per heavy atom. The average Bonchev–Trinajstić information content (AvgIpc) is 2.89. The van der Waals surface area contributed by atoms with Crippen molar-refractivity contribution < 1.29 is 9.59 Å². The van der Waals surface area contributed by atoms with Crippen molar-refractivity contribution >= 4 is 50.9 Å². The van der Waals surface area contributed by atoms with E-state index in [9.17, 15) is 14.9 Å². The molecule has 1 aliphatic rings. The zero-order chi connectivity index (χ0) is 25.5. The third-order valence-corrected chi connectivity index (χ3v) is 6.98. The number of halogens is 1. The summed E-state index contributed by atoms with van der Waals surface area (Å²) in [7, 11) is 0. The molecule has 2 aromatic carbocycles. The molecule has 7 nitrogen and oxygen atoms in total. The van der Waals surface area contributed by atoms with E-state index in [2.05, 4.69) is 42.9 Å². The molecule has 0 radical (unpaired) electrons. The third kappa shape index (κ3) is 6.03. The van der Waals surface area contributed by atoms with Gasteiger partial charge in [-0.1, -0.05) is 45.9 Å². The molecule has 2 heterocycles. The van der Waals surface area contributed by atoms with Crippen molar-refractivity contribution in [3.63, 3.8) is 0 Å². The molecule has 36 heavy (non-hydrogen) atoms. The van der Waals surface area contributed by atoms with Gasteiger partial charge in [0.05, 0.1) is 28.3 Å². The van der Waals surface area contributed by atoms with Crippen LogP contribution >= 0.6 is 27.7 Å². The van der Waals surface area contributed by atoms with Crippen LogP contribution in [0.3, 0.4) is 0 Å².